The molecule has 3 heteroatoms. The molecule has 2 nitrogen and oxygen atoms in total. The van der Waals surface area contributed by atoms with Crippen LogP contribution in [-0.2, 0) is 6.54 Å². The second-order valence-electron chi connectivity index (χ2n) is 3.20. The molecule has 72 valence electrons. The van der Waals surface area contributed by atoms with Crippen molar-refractivity contribution in [3.05, 3.63) is 46.4 Å². The summed E-state index contributed by atoms with van der Waals surface area (Å²) in [5.74, 6) is 0. The minimum absolute atomic E-state index is 0.798. The number of anilines is 1. The van der Waals surface area contributed by atoms with E-state index in [2.05, 4.69) is 46.9 Å². The number of aryl methyl sites for hydroxylation is 1. The molecule has 0 spiro atoms. The molecule has 14 heavy (non-hydrogen) atoms. The number of aromatic nitrogens is 1. The van der Waals surface area contributed by atoms with Crippen molar-refractivity contribution in [2.75, 3.05) is 5.32 Å². The Hall–Kier alpha value is -1.35. The normalized spacial score (nSPS) is 10.1. The summed E-state index contributed by atoms with van der Waals surface area (Å²) in [5.41, 5.74) is 5.37. The molecule has 0 fully saturated rings. The molecule has 2 aromatic rings. The third kappa shape index (κ3) is 2.33. The van der Waals surface area contributed by atoms with E-state index in [4.69, 9.17) is 0 Å². The Balaban J connectivity index is 1.95. The highest BCUT2D eigenvalue weighted by Crippen LogP contribution is 2.10. The molecule has 0 aliphatic carbocycles. The van der Waals surface area contributed by atoms with Crippen LogP contribution in [0.2, 0.25) is 0 Å². The topological polar surface area (TPSA) is 24.9 Å². The predicted octanol–water partition coefficient (Wildman–Crippen LogP) is 3.06. The average Bonchev–Trinajstić information content (AvgIpc) is 2.70. The minimum atomic E-state index is 0.798. The summed E-state index contributed by atoms with van der Waals surface area (Å²) in [6, 6.07) is 8.37. The second-order valence-corrected chi connectivity index (χ2v) is 3.92. The Morgan fingerprint density at radius 1 is 1.29 bits per heavy atom. The van der Waals surface area contributed by atoms with Crippen molar-refractivity contribution in [2.45, 2.75) is 13.5 Å². The number of hydrogen-bond acceptors (Lipinski definition) is 3. The third-order valence-electron chi connectivity index (χ3n) is 2.01. The van der Waals surface area contributed by atoms with E-state index in [-0.39, 0.29) is 0 Å². The molecule has 0 bridgehead atoms. The first-order chi connectivity index (χ1) is 6.84. The van der Waals surface area contributed by atoms with Crippen LogP contribution >= 0.6 is 11.3 Å². The molecule has 0 saturated carbocycles. The molecule has 1 aromatic heterocycles. The lowest BCUT2D eigenvalue weighted by molar-refractivity contribution is 1.07. The lowest BCUT2D eigenvalue weighted by atomic mass is 10.2. The molecule has 0 amide bonds. The van der Waals surface area contributed by atoms with Crippen LogP contribution in [0.1, 0.15) is 11.3 Å². The number of benzene rings is 1. The Kier molecular flexibility index (Phi) is 2.79. The monoisotopic (exact) mass is 204 g/mol. The number of rotatable bonds is 3. The molecule has 0 atom stereocenters. The quantitative estimate of drug-likeness (QED) is 0.831. The summed E-state index contributed by atoms with van der Waals surface area (Å²) >= 11 is 1.63. The Morgan fingerprint density at radius 3 is 2.71 bits per heavy atom. The molecule has 0 aliphatic heterocycles. The van der Waals surface area contributed by atoms with Crippen molar-refractivity contribution >= 4 is 17.0 Å². The van der Waals surface area contributed by atoms with E-state index < -0.39 is 0 Å². The Morgan fingerprint density at radius 2 is 2.07 bits per heavy atom. The smallest absolute Gasteiger partial charge is 0.0795 e. The molecule has 0 unspecified atom stereocenters. The minimum Gasteiger partial charge on any atom is -0.379 e. The van der Waals surface area contributed by atoms with Crippen LogP contribution in [0.25, 0.3) is 0 Å². The lowest BCUT2D eigenvalue weighted by Crippen LogP contribution is -1.98. The largest absolute Gasteiger partial charge is 0.379 e. The van der Waals surface area contributed by atoms with Gasteiger partial charge in [0.05, 0.1) is 17.7 Å². The number of nitrogens with zero attached hydrogens (tertiary/aromatic N) is 1. The SMILES string of the molecule is Cc1ccc(NCc2cscn2)cc1. The third-order valence-corrected chi connectivity index (χ3v) is 2.64. The van der Waals surface area contributed by atoms with Gasteiger partial charge < -0.3 is 5.32 Å². The number of nitrogens with one attached hydrogen (secondary N) is 1. The molecule has 1 N–H and O–H groups in total. The fourth-order valence-electron chi connectivity index (χ4n) is 1.19. The van der Waals surface area contributed by atoms with E-state index in [1.165, 1.54) is 5.56 Å². The van der Waals surface area contributed by atoms with Gasteiger partial charge in [-0.1, -0.05) is 17.7 Å². The van der Waals surface area contributed by atoms with E-state index in [0.29, 0.717) is 0 Å². The molecule has 0 radical (unpaired) electrons. The molecular weight excluding hydrogens is 192 g/mol. The van der Waals surface area contributed by atoms with E-state index in [1.54, 1.807) is 11.3 Å². The van der Waals surface area contributed by atoms with Crippen molar-refractivity contribution in [1.82, 2.24) is 4.98 Å². The van der Waals surface area contributed by atoms with Gasteiger partial charge in [0, 0.05) is 11.1 Å². The number of thiazole rings is 1. The summed E-state index contributed by atoms with van der Waals surface area (Å²) < 4.78 is 0. The standard InChI is InChI=1S/C11H12N2S/c1-9-2-4-10(5-3-9)12-6-11-7-14-8-13-11/h2-5,7-8,12H,6H2,1H3. The van der Waals surface area contributed by atoms with Gasteiger partial charge in [0.15, 0.2) is 0 Å². The zero-order valence-electron chi connectivity index (χ0n) is 8.03. The molecule has 0 saturated heterocycles. The molecule has 1 aromatic carbocycles. The summed E-state index contributed by atoms with van der Waals surface area (Å²) in [7, 11) is 0. The van der Waals surface area contributed by atoms with E-state index in [0.717, 1.165) is 17.9 Å². The van der Waals surface area contributed by atoms with Crippen molar-refractivity contribution in [3.63, 3.8) is 0 Å². The van der Waals surface area contributed by atoms with Crippen LogP contribution in [-0.4, -0.2) is 4.98 Å². The van der Waals surface area contributed by atoms with Gasteiger partial charge in [-0.15, -0.1) is 11.3 Å². The van der Waals surface area contributed by atoms with Gasteiger partial charge in [-0.25, -0.2) is 4.98 Å². The summed E-state index contributed by atoms with van der Waals surface area (Å²) in [5, 5.41) is 5.38. The van der Waals surface area contributed by atoms with Crippen LogP contribution in [0.4, 0.5) is 5.69 Å². The molecule has 1 heterocycles. The first-order valence-corrected chi connectivity index (χ1v) is 5.46. The molecular formula is C11H12N2S. The van der Waals surface area contributed by atoms with Crippen LogP contribution in [0.3, 0.4) is 0 Å². The van der Waals surface area contributed by atoms with Gasteiger partial charge in [-0.2, -0.15) is 0 Å². The van der Waals surface area contributed by atoms with Crippen molar-refractivity contribution < 1.29 is 0 Å². The Labute approximate surface area is 87.6 Å². The van der Waals surface area contributed by atoms with Gasteiger partial charge in [0.1, 0.15) is 0 Å². The second kappa shape index (κ2) is 4.24. The zero-order valence-corrected chi connectivity index (χ0v) is 8.84. The lowest BCUT2D eigenvalue weighted by Gasteiger charge is -2.03. The first kappa shape index (κ1) is 9.21. The summed E-state index contributed by atoms with van der Waals surface area (Å²) in [6.07, 6.45) is 0. The van der Waals surface area contributed by atoms with Gasteiger partial charge >= 0.3 is 0 Å². The van der Waals surface area contributed by atoms with Crippen molar-refractivity contribution in [3.8, 4) is 0 Å². The van der Waals surface area contributed by atoms with E-state index in [9.17, 15) is 0 Å². The highest BCUT2D eigenvalue weighted by molar-refractivity contribution is 7.07. The summed E-state index contributed by atoms with van der Waals surface area (Å²) in [4.78, 5) is 4.20. The zero-order chi connectivity index (χ0) is 9.80. The summed E-state index contributed by atoms with van der Waals surface area (Å²) in [6.45, 7) is 2.89. The van der Waals surface area contributed by atoms with Crippen molar-refractivity contribution in [2.24, 2.45) is 0 Å². The highest BCUT2D eigenvalue weighted by atomic mass is 32.1. The van der Waals surface area contributed by atoms with E-state index >= 15 is 0 Å². The Bertz CT molecular complexity index is 378. The molecule has 2 rings (SSSR count). The van der Waals surface area contributed by atoms with E-state index in [1.807, 2.05) is 5.51 Å². The number of hydrogen-bond donors (Lipinski definition) is 1. The van der Waals surface area contributed by atoms with Gasteiger partial charge in [-0.05, 0) is 19.1 Å². The maximum Gasteiger partial charge on any atom is 0.0795 e. The first-order valence-electron chi connectivity index (χ1n) is 4.52. The fourth-order valence-corrected chi connectivity index (χ4v) is 1.75. The molecule has 0 aliphatic rings. The van der Waals surface area contributed by atoms with Gasteiger partial charge in [0.2, 0.25) is 0 Å². The van der Waals surface area contributed by atoms with Crippen LogP contribution in [0.15, 0.2) is 35.2 Å². The van der Waals surface area contributed by atoms with Gasteiger partial charge in [0.25, 0.3) is 0 Å². The van der Waals surface area contributed by atoms with Crippen LogP contribution in [0.5, 0.6) is 0 Å². The fraction of sp³-hybridized carbons (Fsp3) is 0.182. The van der Waals surface area contributed by atoms with Crippen molar-refractivity contribution in [1.29, 1.82) is 0 Å². The average molecular weight is 204 g/mol. The maximum atomic E-state index is 4.20. The van der Waals surface area contributed by atoms with Crippen LogP contribution in [0, 0.1) is 6.92 Å². The predicted molar refractivity (Wildman–Crippen MR) is 60.6 cm³/mol. The van der Waals surface area contributed by atoms with Gasteiger partial charge in [-0.3, -0.25) is 0 Å². The maximum absolute atomic E-state index is 4.20. The highest BCUT2D eigenvalue weighted by Gasteiger charge is 1.94. The van der Waals surface area contributed by atoms with Crippen LogP contribution < -0.4 is 5.32 Å².